The second kappa shape index (κ2) is 7.19. The van der Waals surface area contributed by atoms with Crippen LogP contribution in [0.1, 0.15) is 28.9 Å². The lowest BCUT2D eigenvalue weighted by molar-refractivity contribution is 0.0940. The molecule has 2 aromatic carbocycles. The van der Waals surface area contributed by atoms with Gasteiger partial charge in [-0.25, -0.2) is 12.8 Å². The third kappa shape index (κ3) is 4.94. The van der Waals surface area contributed by atoms with E-state index >= 15 is 0 Å². The van der Waals surface area contributed by atoms with E-state index in [1.807, 2.05) is 0 Å². The number of rotatable bonds is 5. The molecule has 0 spiro atoms. The molecule has 2 rings (SSSR count). The van der Waals surface area contributed by atoms with Crippen LogP contribution in [0.2, 0.25) is 5.02 Å². The van der Waals surface area contributed by atoms with Crippen LogP contribution in [0.4, 0.5) is 10.1 Å². The normalized spacial score (nSPS) is 12.5. The van der Waals surface area contributed by atoms with Crippen molar-refractivity contribution < 1.29 is 17.6 Å². The molecule has 0 heterocycles. The predicted octanol–water partition coefficient (Wildman–Crippen LogP) is 3.34. The summed E-state index contributed by atoms with van der Waals surface area (Å²) >= 11 is 5.93. The maximum absolute atomic E-state index is 12.9. The van der Waals surface area contributed by atoms with Gasteiger partial charge >= 0.3 is 0 Å². The fourth-order valence-corrected chi connectivity index (χ4v) is 2.85. The largest absolute Gasteiger partial charge is 0.346 e. The molecule has 0 aliphatic rings. The van der Waals surface area contributed by atoms with Gasteiger partial charge in [0.2, 0.25) is 10.0 Å². The summed E-state index contributed by atoms with van der Waals surface area (Å²) in [6.07, 6.45) is 0.993. The molecule has 0 saturated heterocycles. The lowest BCUT2D eigenvalue weighted by atomic mass is 10.1. The molecular formula is C16H16ClFN2O3S. The highest BCUT2D eigenvalue weighted by Gasteiger charge is 2.14. The average Bonchev–Trinajstić information content (AvgIpc) is 2.48. The van der Waals surface area contributed by atoms with Gasteiger partial charge in [0.25, 0.3) is 5.91 Å². The first kappa shape index (κ1) is 18.2. The van der Waals surface area contributed by atoms with Crippen molar-refractivity contribution in [2.45, 2.75) is 13.0 Å². The van der Waals surface area contributed by atoms with E-state index in [4.69, 9.17) is 11.6 Å². The molecule has 2 aromatic rings. The highest BCUT2D eigenvalue weighted by Crippen LogP contribution is 2.24. The topological polar surface area (TPSA) is 75.3 Å². The molecule has 1 amide bonds. The first-order valence-electron chi connectivity index (χ1n) is 6.99. The second-order valence-electron chi connectivity index (χ2n) is 5.32. The molecule has 8 heteroatoms. The van der Waals surface area contributed by atoms with Crippen LogP contribution in [0.15, 0.2) is 42.5 Å². The zero-order valence-electron chi connectivity index (χ0n) is 13.0. The number of halogens is 2. The summed E-state index contributed by atoms with van der Waals surface area (Å²) in [6, 6.07) is 9.73. The molecular weight excluding hydrogens is 355 g/mol. The standard InChI is InChI=1S/C16H16ClFN2O3S/c1-10(11-3-6-13(18)7-4-11)19-16(21)12-5-8-14(17)15(9-12)20-24(2,22)23/h3-10,20H,1-2H3,(H,19,21). The summed E-state index contributed by atoms with van der Waals surface area (Å²) in [5, 5.41) is 2.94. The Bertz CT molecular complexity index is 854. The van der Waals surface area contributed by atoms with Crippen LogP contribution < -0.4 is 10.0 Å². The van der Waals surface area contributed by atoms with Gasteiger partial charge in [0.15, 0.2) is 0 Å². The van der Waals surface area contributed by atoms with Gasteiger partial charge in [-0.05, 0) is 42.8 Å². The molecule has 5 nitrogen and oxygen atoms in total. The fourth-order valence-electron chi connectivity index (χ4n) is 2.06. The number of amides is 1. The first-order chi connectivity index (χ1) is 11.2. The highest BCUT2D eigenvalue weighted by molar-refractivity contribution is 7.92. The summed E-state index contributed by atoms with van der Waals surface area (Å²) in [6.45, 7) is 1.76. The quantitative estimate of drug-likeness (QED) is 0.847. The van der Waals surface area contributed by atoms with Gasteiger partial charge in [-0.3, -0.25) is 9.52 Å². The molecule has 0 aliphatic heterocycles. The molecule has 0 radical (unpaired) electrons. The molecule has 0 bridgehead atoms. The number of hydrogen-bond acceptors (Lipinski definition) is 3. The van der Waals surface area contributed by atoms with Crippen molar-refractivity contribution in [1.82, 2.24) is 5.32 Å². The molecule has 0 fully saturated rings. The van der Waals surface area contributed by atoms with Gasteiger partial charge in [-0.1, -0.05) is 23.7 Å². The molecule has 24 heavy (non-hydrogen) atoms. The van der Waals surface area contributed by atoms with Crippen LogP contribution in [0.25, 0.3) is 0 Å². The molecule has 0 aliphatic carbocycles. The molecule has 1 atom stereocenters. The maximum atomic E-state index is 12.9. The van der Waals surface area contributed by atoms with Gasteiger partial charge in [0.1, 0.15) is 5.82 Å². The molecule has 0 saturated carbocycles. The number of hydrogen-bond donors (Lipinski definition) is 2. The Hall–Kier alpha value is -2.12. The van der Waals surface area contributed by atoms with E-state index in [1.165, 1.54) is 30.3 Å². The minimum Gasteiger partial charge on any atom is -0.346 e. The lowest BCUT2D eigenvalue weighted by Crippen LogP contribution is -2.26. The SMILES string of the molecule is CC(NC(=O)c1ccc(Cl)c(NS(C)(=O)=O)c1)c1ccc(F)cc1. The van der Waals surface area contributed by atoms with Crippen molar-refractivity contribution in [3.05, 3.63) is 64.4 Å². The van der Waals surface area contributed by atoms with Crippen molar-refractivity contribution in [3.8, 4) is 0 Å². The average molecular weight is 371 g/mol. The van der Waals surface area contributed by atoms with Crippen LogP contribution in [-0.2, 0) is 10.0 Å². The van der Waals surface area contributed by atoms with Crippen molar-refractivity contribution in [1.29, 1.82) is 0 Å². The number of nitrogens with one attached hydrogen (secondary N) is 2. The van der Waals surface area contributed by atoms with Gasteiger partial charge < -0.3 is 5.32 Å². The summed E-state index contributed by atoms with van der Waals surface area (Å²) in [5.41, 5.74) is 1.12. The Morgan fingerprint density at radius 3 is 2.38 bits per heavy atom. The monoisotopic (exact) mass is 370 g/mol. The van der Waals surface area contributed by atoms with Crippen molar-refractivity contribution in [2.75, 3.05) is 11.0 Å². The maximum Gasteiger partial charge on any atom is 0.251 e. The van der Waals surface area contributed by atoms with E-state index in [1.54, 1.807) is 19.1 Å². The highest BCUT2D eigenvalue weighted by atomic mass is 35.5. The van der Waals surface area contributed by atoms with Crippen LogP contribution in [0.3, 0.4) is 0 Å². The molecule has 1 unspecified atom stereocenters. The van der Waals surface area contributed by atoms with Crippen molar-refractivity contribution in [2.24, 2.45) is 0 Å². The van der Waals surface area contributed by atoms with Crippen LogP contribution in [-0.4, -0.2) is 20.6 Å². The number of carbonyl (C=O) groups is 1. The zero-order chi connectivity index (χ0) is 17.9. The first-order valence-corrected chi connectivity index (χ1v) is 9.26. The smallest absolute Gasteiger partial charge is 0.251 e. The van der Waals surface area contributed by atoms with Crippen LogP contribution in [0.5, 0.6) is 0 Å². The van der Waals surface area contributed by atoms with Gasteiger partial charge in [0.05, 0.1) is 23.0 Å². The Kier molecular flexibility index (Phi) is 5.46. The fraction of sp³-hybridized carbons (Fsp3) is 0.188. The zero-order valence-corrected chi connectivity index (χ0v) is 14.6. The minimum absolute atomic E-state index is 0.126. The molecule has 0 aromatic heterocycles. The van der Waals surface area contributed by atoms with Crippen LogP contribution >= 0.6 is 11.6 Å². The Morgan fingerprint density at radius 2 is 1.79 bits per heavy atom. The van der Waals surface area contributed by atoms with E-state index in [0.29, 0.717) is 0 Å². The second-order valence-corrected chi connectivity index (χ2v) is 7.47. The number of carbonyl (C=O) groups excluding carboxylic acids is 1. The van der Waals surface area contributed by atoms with E-state index in [9.17, 15) is 17.6 Å². The summed E-state index contributed by atoms with van der Waals surface area (Å²) in [5.74, 6) is -0.758. The number of benzene rings is 2. The number of sulfonamides is 1. The van der Waals surface area contributed by atoms with Crippen molar-refractivity contribution >= 4 is 33.2 Å². The third-order valence-electron chi connectivity index (χ3n) is 3.24. The van der Waals surface area contributed by atoms with Gasteiger partial charge in [-0.15, -0.1) is 0 Å². The Labute approximate surface area is 144 Å². The molecule has 128 valence electrons. The van der Waals surface area contributed by atoms with Crippen LogP contribution in [0, 0.1) is 5.82 Å². The lowest BCUT2D eigenvalue weighted by Gasteiger charge is -2.15. The van der Waals surface area contributed by atoms with Gasteiger partial charge in [0, 0.05) is 5.56 Å². The Balaban J connectivity index is 2.17. The summed E-state index contributed by atoms with van der Waals surface area (Å²) < 4.78 is 37.8. The van der Waals surface area contributed by atoms with E-state index in [-0.39, 0.29) is 28.1 Å². The third-order valence-corrected chi connectivity index (χ3v) is 4.16. The number of anilines is 1. The molecule has 2 N–H and O–H groups in total. The van der Waals surface area contributed by atoms with Gasteiger partial charge in [-0.2, -0.15) is 0 Å². The van der Waals surface area contributed by atoms with E-state index in [2.05, 4.69) is 10.0 Å². The Morgan fingerprint density at radius 1 is 1.17 bits per heavy atom. The van der Waals surface area contributed by atoms with Crippen molar-refractivity contribution in [3.63, 3.8) is 0 Å². The summed E-state index contributed by atoms with van der Waals surface area (Å²) in [4.78, 5) is 12.3. The van der Waals surface area contributed by atoms with E-state index < -0.39 is 15.9 Å². The van der Waals surface area contributed by atoms with E-state index in [0.717, 1.165) is 11.8 Å². The summed E-state index contributed by atoms with van der Waals surface area (Å²) in [7, 11) is -3.51. The minimum atomic E-state index is -3.51. The predicted molar refractivity (Wildman–Crippen MR) is 92.2 cm³/mol.